The maximum atomic E-state index is 12.3. The molecule has 0 saturated carbocycles. The Hall–Kier alpha value is -2.58. The molecule has 1 saturated heterocycles. The molecular formula is C24H31NO4. The molecule has 1 aromatic rings. The number of aliphatic hydroxyl groups excluding tert-OH is 1. The lowest BCUT2D eigenvalue weighted by Gasteiger charge is -2.23. The number of amides is 1. The average molecular weight is 398 g/mol. The standard InChI is InChI=1S/C24H31NO4/c1-4-5-8-18(2)22(26)14-12-21-13-15-23(27)25(21)16-7-10-19-9-6-11-20(17-19)24(28)29-3/h6,9,11-12,14,17-18,21-22,26H,7-8,10,13,15-16H2,1-3H3/t18-,21-,22+/m0/s1. The highest BCUT2D eigenvalue weighted by molar-refractivity contribution is 5.89. The van der Waals surface area contributed by atoms with Crippen LogP contribution in [0.25, 0.3) is 0 Å². The number of benzene rings is 1. The quantitative estimate of drug-likeness (QED) is 0.394. The normalized spacial score (nSPS) is 18.4. The van der Waals surface area contributed by atoms with Crippen molar-refractivity contribution >= 4 is 11.9 Å². The highest BCUT2D eigenvalue weighted by Gasteiger charge is 2.28. The first-order valence-electron chi connectivity index (χ1n) is 10.2. The van der Waals surface area contributed by atoms with Gasteiger partial charge >= 0.3 is 5.97 Å². The van der Waals surface area contributed by atoms with Crippen molar-refractivity contribution in [2.45, 2.75) is 58.1 Å². The molecule has 0 aliphatic carbocycles. The Balaban J connectivity index is 1.90. The number of rotatable bonds is 9. The molecular weight excluding hydrogens is 366 g/mol. The molecule has 0 bridgehead atoms. The van der Waals surface area contributed by atoms with Crippen molar-refractivity contribution < 1.29 is 19.4 Å². The molecule has 1 amide bonds. The van der Waals surface area contributed by atoms with E-state index in [-0.39, 0.29) is 23.8 Å². The Bertz CT molecular complexity index is 790. The van der Waals surface area contributed by atoms with Crippen LogP contribution in [0.2, 0.25) is 0 Å². The van der Waals surface area contributed by atoms with Gasteiger partial charge in [-0.25, -0.2) is 4.79 Å². The van der Waals surface area contributed by atoms with E-state index in [1.54, 1.807) is 19.1 Å². The van der Waals surface area contributed by atoms with Gasteiger partial charge in [0.2, 0.25) is 5.91 Å². The van der Waals surface area contributed by atoms with Gasteiger partial charge < -0.3 is 14.7 Å². The van der Waals surface area contributed by atoms with Gasteiger partial charge in [-0.15, -0.1) is 11.8 Å². The molecule has 3 atom stereocenters. The Morgan fingerprint density at radius 3 is 2.97 bits per heavy atom. The number of esters is 1. The number of aryl methyl sites for hydroxylation is 1. The summed E-state index contributed by atoms with van der Waals surface area (Å²) in [4.78, 5) is 25.8. The molecule has 1 aliphatic rings. The first kappa shape index (κ1) is 22.7. The fourth-order valence-electron chi connectivity index (χ4n) is 3.49. The largest absolute Gasteiger partial charge is 0.465 e. The summed E-state index contributed by atoms with van der Waals surface area (Å²) in [7, 11) is 1.37. The number of nitrogens with zero attached hydrogens (tertiary/aromatic N) is 1. The van der Waals surface area contributed by atoms with E-state index < -0.39 is 6.10 Å². The third-order valence-corrected chi connectivity index (χ3v) is 5.30. The first-order valence-corrected chi connectivity index (χ1v) is 10.2. The molecule has 0 unspecified atom stereocenters. The first-order chi connectivity index (χ1) is 14.0. The van der Waals surface area contributed by atoms with Crippen LogP contribution in [0.5, 0.6) is 0 Å². The van der Waals surface area contributed by atoms with Crippen molar-refractivity contribution in [3.8, 4) is 11.8 Å². The fraction of sp³-hybridized carbons (Fsp3) is 0.500. The summed E-state index contributed by atoms with van der Waals surface area (Å²) in [6.07, 6.45) is 6.77. The minimum absolute atomic E-state index is 0.0306. The number of likely N-dealkylation sites (tertiary alicyclic amines) is 1. The van der Waals surface area contributed by atoms with E-state index in [1.165, 1.54) is 7.11 Å². The zero-order chi connectivity index (χ0) is 21.2. The van der Waals surface area contributed by atoms with Gasteiger partial charge in [0.05, 0.1) is 24.8 Å². The lowest BCUT2D eigenvalue weighted by molar-refractivity contribution is -0.128. The van der Waals surface area contributed by atoms with Gasteiger partial charge in [-0.05, 0) is 49.8 Å². The van der Waals surface area contributed by atoms with Crippen molar-refractivity contribution in [1.29, 1.82) is 0 Å². The molecule has 1 heterocycles. The molecule has 156 valence electrons. The van der Waals surface area contributed by atoms with Crippen LogP contribution in [0.4, 0.5) is 0 Å². The van der Waals surface area contributed by atoms with Crippen molar-refractivity contribution in [1.82, 2.24) is 4.90 Å². The summed E-state index contributed by atoms with van der Waals surface area (Å²) in [5, 5.41) is 10.3. The second-order valence-corrected chi connectivity index (χ2v) is 7.47. The maximum absolute atomic E-state index is 12.3. The van der Waals surface area contributed by atoms with Crippen LogP contribution in [0, 0.1) is 17.8 Å². The molecule has 0 spiro atoms. The van der Waals surface area contributed by atoms with E-state index in [0.29, 0.717) is 24.9 Å². The molecule has 0 radical (unpaired) electrons. The van der Waals surface area contributed by atoms with Crippen LogP contribution in [0.15, 0.2) is 36.4 Å². The molecule has 0 aromatic heterocycles. The van der Waals surface area contributed by atoms with Crippen molar-refractivity contribution in [2.75, 3.05) is 13.7 Å². The zero-order valence-corrected chi connectivity index (χ0v) is 17.6. The zero-order valence-electron chi connectivity index (χ0n) is 17.6. The Labute approximate surface area is 173 Å². The second kappa shape index (κ2) is 11.4. The van der Waals surface area contributed by atoms with Crippen LogP contribution in [0.3, 0.4) is 0 Å². The van der Waals surface area contributed by atoms with Crippen LogP contribution in [-0.4, -0.2) is 47.7 Å². The molecule has 1 aliphatic heterocycles. The molecule has 1 N–H and O–H groups in total. The van der Waals surface area contributed by atoms with E-state index in [4.69, 9.17) is 4.74 Å². The predicted octanol–water partition coefficient (Wildman–Crippen LogP) is 3.36. The molecule has 5 nitrogen and oxygen atoms in total. The van der Waals surface area contributed by atoms with E-state index >= 15 is 0 Å². The number of methoxy groups -OCH3 is 1. The lowest BCUT2D eigenvalue weighted by Crippen LogP contribution is -2.33. The van der Waals surface area contributed by atoms with Gasteiger partial charge in [-0.3, -0.25) is 4.79 Å². The van der Waals surface area contributed by atoms with Crippen molar-refractivity contribution in [3.63, 3.8) is 0 Å². The van der Waals surface area contributed by atoms with Crippen LogP contribution in [-0.2, 0) is 16.0 Å². The predicted molar refractivity (Wildman–Crippen MR) is 113 cm³/mol. The summed E-state index contributed by atoms with van der Waals surface area (Å²) in [6.45, 7) is 4.42. The van der Waals surface area contributed by atoms with Crippen LogP contribution >= 0.6 is 0 Å². The van der Waals surface area contributed by atoms with Crippen LogP contribution in [0.1, 0.15) is 55.5 Å². The number of carbonyl (C=O) groups is 2. The summed E-state index contributed by atoms with van der Waals surface area (Å²) in [5.74, 6) is 5.72. The number of aliphatic hydroxyl groups is 1. The number of ether oxygens (including phenoxy) is 1. The van der Waals surface area contributed by atoms with Gasteiger partial charge in [0, 0.05) is 19.4 Å². The van der Waals surface area contributed by atoms with Gasteiger partial charge in [-0.2, -0.15) is 0 Å². The van der Waals surface area contributed by atoms with E-state index in [2.05, 4.69) is 11.8 Å². The molecule has 29 heavy (non-hydrogen) atoms. The number of hydrogen-bond donors (Lipinski definition) is 1. The summed E-state index contributed by atoms with van der Waals surface area (Å²) >= 11 is 0. The third kappa shape index (κ3) is 6.76. The van der Waals surface area contributed by atoms with E-state index in [0.717, 1.165) is 24.8 Å². The van der Waals surface area contributed by atoms with Crippen LogP contribution < -0.4 is 0 Å². The maximum Gasteiger partial charge on any atom is 0.337 e. The van der Waals surface area contributed by atoms with Crippen molar-refractivity contribution in [2.24, 2.45) is 5.92 Å². The molecule has 5 heteroatoms. The van der Waals surface area contributed by atoms with Gasteiger partial charge in [0.25, 0.3) is 0 Å². The number of hydrogen-bond acceptors (Lipinski definition) is 4. The summed E-state index contributed by atoms with van der Waals surface area (Å²) < 4.78 is 4.76. The van der Waals surface area contributed by atoms with E-state index in [9.17, 15) is 14.7 Å². The average Bonchev–Trinajstić information content (AvgIpc) is 3.09. The Morgan fingerprint density at radius 1 is 1.45 bits per heavy atom. The smallest absolute Gasteiger partial charge is 0.337 e. The molecule has 1 aromatic carbocycles. The molecule has 1 fully saturated rings. The van der Waals surface area contributed by atoms with Gasteiger partial charge in [0.15, 0.2) is 0 Å². The topological polar surface area (TPSA) is 66.8 Å². The van der Waals surface area contributed by atoms with E-state index in [1.807, 2.05) is 36.1 Å². The lowest BCUT2D eigenvalue weighted by atomic mass is 10.00. The minimum Gasteiger partial charge on any atom is -0.465 e. The van der Waals surface area contributed by atoms with Gasteiger partial charge in [0.1, 0.15) is 0 Å². The highest BCUT2D eigenvalue weighted by Crippen LogP contribution is 2.22. The third-order valence-electron chi connectivity index (χ3n) is 5.30. The molecule has 2 rings (SSSR count). The monoisotopic (exact) mass is 397 g/mol. The fourth-order valence-corrected chi connectivity index (χ4v) is 3.49. The Kier molecular flexibility index (Phi) is 8.95. The summed E-state index contributed by atoms with van der Waals surface area (Å²) in [6, 6.07) is 7.43. The number of carbonyl (C=O) groups excluding carboxylic acids is 2. The van der Waals surface area contributed by atoms with Crippen molar-refractivity contribution in [3.05, 3.63) is 47.5 Å². The SMILES string of the molecule is CC#CC[C@H](C)[C@H](O)C=C[C@H]1CCC(=O)N1CCCc1cccc(C(=O)OC)c1. The highest BCUT2D eigenvalue weighted by atomic mass is 16.5. The summed E-state index contributed by atoms with van der Waals surface area (Å²) in [5.41, 5.74) is 1.59. The second-order valence-electron chi connectivity index (χ2n) is 7.47. The van der Waals surface area contributed by atoms with Gasteiger partial charge in [-0.1, -0.05) is 31.2 Å². The minimum atomic E-state index is -0.561. The Morgan fingerprint density at radius 2 is 2.24 bits per heavy atom.